The van der Waals surface area contributed by atoms with Crippen molar-refractivity contribution in [2.45, 2.75) is 153 Å². The first kappa shape index (κ1) is 104. The molecule has 0 spiro atoms. The van der Waals surface area contributed by atoms with Gasteiger partial charge in [-0.15, -0.1) is 0 Å². The zero-order valence-corrected chi connectivity index (χ0v) is 81.9. The lowest BCUT2D eigenvalue weighted by Gasteiger charge is -2.29. The molecule has 38 heteroatoms. The Hall–Kier alpha value is -12.7. The highest BCUT2D eigenvalue weighted by molar-refractivity contribution is 9.10. The number of esters is 1. The molecular weight excluding hydrogens is 1880 g/mol. The van der Waals surface area contributed by atoms with Crippen LogP contribution >= 0.6 is 31.9 Å². The van der Waals surface area contributed by atoms with Gasteiger partial charge in [-0.05, 0) is 201 Å². The van der Waals surface area contributed by atoms with Crippen molar-refractivity contribution in [3.63, 3.8) is 0 Å². The Morgan fingerprint density at radius 2 is 0.728 bits per heavy atom. The van der Waals surface area contributed by atoms with E-state index >= 15 is 0 Å². The van der Waals surface area contributed by atoms with Gasteiger partial charge in [-0.1, -0.05) is 116 Å². The Bertz CT molecular complexity index is 5530. The fraction of sp³-hybridized carbons (Fsp3) is 0.459. The molecule has 0 radical (unpaired) electrons. The molecule has 8 aliphatic rings. The van der Waals surface area contributed by atoms with Crippen LogP contribution in [0.4, 0.5) is 24.0 Å². The lowest BCUT2D eigenvalue weighted by molar-refractivity contribution is -0.147. The summed E-state index contributed by atoms with van der Waals surface area (Å²) in [7, 11) is 4.44. The van der Waals surface area contributed by atoms with Gasteiger partial charge in [-0.3, -0.25) is 63.8 Å². The molecule has 6 aromatic rings. The highest BCUT2D eigenvalue weighted by Gasteiger charge is 2.51. The van der Waals surface area contributed by atoms with Gasteiger partial charge in [0.15, 0.2) is 0 Å². The van der Waals surface area contributed by atoms with Crippen LogP contribution in [-0.2, 0) is 60.8 Å². The Morgan fingerprint density at radius 3 is 1.04 bits per heavy atom. The molecule has 0 aliphatic carbocycles. The number of urea groups is 2. The molecule has 36 nitrogen and oxygen atoms in total. The molecule has 726 valence electrons. The quantitative estimate of drug-likeness (QED) is 0.0173. The summed E-state index contributed by atoms with van der Waals surface area (Å²) in [6, 6.07) is 36.0. The standard InChI is InChI=1S/C33H38N6O7.C28H30N6O5.C19H27BrN2O4.C18H26BrN3O3/c1-32(2,3)46-31(44)38-15-5-14-37(16-17-38)26(27(34)40)22-8-6-21(7-9-22)12-13-33(29(42)35-30(43)36-33)20-39-19-23-10-11-24(45-4)18-25(23)28(39)41;1-39-21-8-7-20-16-34(25(36)22(20)15-21)17-28(26(37)31-27(38)32-28)10-9-18-3-5-19(6-4-18)23(24(29)35)33-13-2-11-30-12-14-33;1-19(2,3)26-18(24)22-11-5-10-21(12-13-22)16(17(23)25-4)14-6-8-15(20)9-7-14;1-18(2,3)25-17(24)22-10-4-9-21(11-12-22)15(16(20)23)13-5-7-14(19)8-6-13/h6-11,18,26H,5,14-17,19-20H2,1-4H3,(H2,34,40)(H2,35,36,42,43);3-8,15,23,30H,2,11-14,16-17H2,1H3,(H2,29,35)(H2,31,32,37,38);6-9,16H,5,10-13H2,1-4H3;5-8,15H,4,9-12H2,1-3H3,(H2,20,23)/t26?,33-;23?,28-;;/m11../s1. The highest BCUT2D eigenvalue weighted by Crippen LogP contribution is 2.35. The number of fused-ring (bicyclic) bond motifs is 2. The van der Waals surface area contributed by atoms with Crippen LogP contribution in [0.15, 0.2) is 142 Å². The predicted molar refractivity (Wildman–Crippen MR) is 511 cm³/mol. The molecule has 6 aromatic carbocycles. The number of carbonyl (C=O) groups is 13. The SMILES string of the molecule is CC(C)(C)OC(=O)N1CCCN(C(C(N)=O)c2ccc(Br)cc2)CC1.COC(=O)C(c1ccc(Br)cc1)N1CCCN(C(=O)OC(C)(C)C)CC1.COc1ccc2c(c1)C(=O)N(C[C@@]1(C#Cc3ccc(C(C(N)=O)N4CCCN(C(=O)OC(C)(C)C)CC4)cc3)NC(=O)NC1=O)C2.COc1ccc2c(c1)C(=O)N(C[C@@]1(C#Cc3ccc(C(C(N)=O)N4CCCNCC4)cc3)NC(=O)NC1=O)C2. The van der Waals surface area contributed by atoms with Crippen LogP contribution in [-0.4, -0.2) is 289 Å². The molecule has 8 aliphatic heterocycles. The zero-order valence-electron chi connectivity index (χ0n) is 78.8. The summed E-state index contributed by atoms with van der Waals surface area (Å²) in [5.41, 5.74) is 19.1. The average molecular weight is 2000 g/mol. The van der Waals surface area contributed by atoms with E-state index in [1.165, 1.54) is 31.1 Å². The molecule has 6 saturated heterocycles. The van der Waals surface area contributed by atoms with Crippen LogP contribution < -0.4 is 53.3 Å². The molecule has 11 N–H and O–H groups in total. The number of nitrogens with one attached hydrogen (secondary N) is 5. The van der Waals surface area contributed by atoms with E-state index in [1.807, 2.05) is 121 Å². The van der Waals surface area contributed by atoms with Crippen molar-refractivity contribution in [1.82, 2.24) is 70.7 Å². The summed E-state index contributed by atoms with van der Waals surface area (Å²) in [6.07, 6.45) is 2.08. The molecule has 8 heterocycles. The first-order valence-corrected chi connectivity index (χ1v) is 46.6. The number of ether oxygens (including phenoxy) is 6. The average Bonchev–Trinajstić information content (AvgIpc) is 1.62. The number of nitrogens with two attached hydrogens (primary N) is 3. The molecule has 6 atom stereocenters. The van der Waals surface area contributed by atoms with Crippen molar-refractivity contribution in [3.8, 4) is 35.2 Å². The van der Waals surface area contributed by atoms with Gasteiger partial charge in [0.2, 0.25) is 28.8 Å². The number of benzene rings is 6. The molecule has 14 amide bonds. The number of rotatable bonds is 18. The first-order chi connectivity index (χ1) is 64.5. The Kier molecular flexibility index (Phi) is 34.9. The summed E-state index contributed by atoms with van der Waals surface area (Å²) in [5.74, 6) is 9.35. The minimum absolute atomic E-state index is 0.127. The molecule has 0 bridgehead atoms. The van der Waals surface area contributed by atoms with E-state index in [4.69, 9.17) is 45.6 Å². The summed E-state index contributed by atoms with van der Waals surface area (Å²) in [6.45, 7) is 26.6. The topological polar surface area (TPSA) is 445 Å². The van der Waals surface area contributed by atoms with E-state index in [1.54, 1.807) is 99.6 Å². The van der Waals surface area contributed by atoms with E-state index in [0.29, 0.717) is 131 Å². The van der Waals surface area contributed by atoms with Gasteiger partial charge in [-0.25, -0.2) is 28.8 Å². The monoisotopic (exact) mass is 2000 g/mol. The Balaban J connectivity index is 0.000000180. The number of amides is 14. The molecule has 14 rings (SSSR count). The maximum Gasteiger partial charge on any atom is 0.410 e. The van der Waals surface area contributed by atoms with Crippen molar-refractivity contribution in [2.24, 2.45) is 17.2 Å². The first-order valence-electron chi connectivity index (χ1n) is 45.0. The fourth-order valence-electron chi connectivity index (χ4n) is 16.9. The Morgan fingerprint density at radius 1 is 0.404 bits per heavy atom. The van der Waals surface area contributed by atoms with Crippen LogP contribution in [0.2, 0.25) is 0 Å². The Labute approximate surface area is 808 Å². The third kappa shape index (κ3) is 27.6. The van der Waals surface area contributed by atoms with E-state index in [0.717, 1.165) is 75.7 Å². The minimum atomic E-state index is -1.67. The van der Waals surface area contributed by atoms with Gasteiger partial charge in [-0.2, -0.15) is 0 Å². The van der Waals surface area contributed by atoms with Crippen LogP contribution in [0.25, 0.3) is 0 Å². The van der Waals surface area contributed by atoms with Gasteiger partial charge in [0.05, 0.1) is 34.4 Å². The van der Waals surface area contributed by atoms with E-state index < -0.39 is 93.8 Å². The second-order valence-electron chi connectivity index (χ2n) is 36.9. The molecule has 4 unspecified atom stereocenters. The summed E-state index contributed by atoms with van der Waals surface area (Å²) < 4.78 is 33.8. The number of imide groups is 2. The summed E-state index contributed by atoms with van der Waals surface area (Å²) in [5, 5.41) is 13.0. The molecule has 6 fully saturated rings. The van der Waals surface area contributed by atoms with Crippen LogP contribution in [0, 0.1) is 23.7 Å². The van der Waals surface area contributed by atoms with Crippen molar-refractivity contribution >= 4 is 110 Å². The largest absolute Gasteiger partial charge is 0.497 e. The number of halogens is 2. The van der Waals surface area contributed by atoms with Gasteiger partial charge in [0.25, 0.3) is 23.6 Å². The van der Waals surface area contributed by atoms with Crippen LogP contribution in [0.3, 0.4) is 0 Å². The van der Waals surface area contributed by atoms with E-state index in [9.17, 15) is 62.3 Å². The number of methoxy groups -OCH3 is 3. The van der Waals surface area contributed by atoms with E-state index in [2.05, 4.69) is 91.9 Å². The number of hydrogen-bond acceptors (Lipinski definition) is 24. The normalized spacial score (nSPS) is 19.8. The number of hydrogen-bond donors (Lipinski definition) is 8. The summed E-state index contributed by atoms with van der Waals surface area (Å²) >= 11 is 6.82. The number of primary amides is 3. The highest BCUT2D eigenvalue weighted by atomic mass is 79.9. The molecule has 0 saturated carbocycles. The third-order valence-electron chi connectivity index (χ3n) is 23.4. The van der Waals surface area contributed by atoms with Gasteiger partial charge in [0, 0.05) is 142 Å². The van der Waals surface area contributed by atoms with Crippen molar-refractivity contribution < 1.29 is 90.8 Å². The van der Waals surface area contributed by atoms with Crippen LogP contribution in [0.1, 0.15) is 177 Å². The predicted octanol–water partition coefficient (Wildman–Crippen LogP) is 8.38. The third-order valence-corrected chi connectivity index (χ3v) is 24.5. The van der Waals surface area contributed by atoms with Crippen LogP contribution in [0.5, 0.6) is 11.5 Å². The van der Waals surface area contributed by atoms with E-state index in [-0.39, 0.29) is 62.1 Å². The lowest BCUT2D eigenvalue weighted by atomic mass is 9.98. The van der Waals surface area contributed by atoms with Crippen molar-refractivity contribution in [1.29, 1.82) is 0 Å². The number of carbonyl (C=O) groups excluding carboxylic acids is 13. The maximum atomic E-state index is 13.2. The van der Waals surface area contributed by atoms with Gasteiger partial charge >= 0.3 is 36.3 Å². The maximum absolute atomic E-state index is 13.2. The fourth-order valence-corrected chi connectivity index (χ4v) is 17.4. The number of nitrogens with zero attached hydrogens (tertiary/aromatic N) is 9. The second kappa shape index (κ2) is 45.8. The molecular formula is C98H121Br2N17O19. The van der Waals surface area contributed by atoms with Gasteiger partial charge < -0.3 is 86.1 Å². The van der Waals surface area contributed by atoms with Gasteiger partial charge in [0.1, 0.15) is 52.5 Å². The minimum Gasteiger partial charge on any atom is -0.497 e. The second-order valence-corrected chi connectivity index (χ2v) is 38.7. The molecule has 136 heavy (non-hydrogen) atoms. The molecule has 0 aromatic heterocycles. The zero-order chi connectivity index (χ0) is 98.7. The smallest absolute Gasteiger partial charge is 0.410 e. The van der Waals surface area contributed by atoms with Crippen molar-refractivity contribution in [3.05, 3.63) is 198 Å². The van der Waals surface area contributed by atoms with Crippen molar-refractivity contribution in [2.75, 3.05) is 139 Å². The lowest BCUT2D eigenvalue weighted by Crippen LogP contribution is -2.54. The summed E-state index contributed by atoms with van der Waals surface area (Å²) in [4.78, 5) is 179.